The van der Waals surface area contributed by atoms with Gasteiger partial charge in [-0.3, -0.25) is 0 Å². The summed E-state index contributed by atoms with van der Waals surface area (Å²) in [7, 11) is 0. The summed E-state index contributed by atoms with van der Waals surface area (Å²) >= 11 is 0. The number of benzene rings is 1. The van der Waals surface area contributed by atoms with Crippen molar-refractivity contribution in [2.75, 3.05) is 66.1 Å². The Morgan fingerprint density at radius 1 is 0.719 bits per heavy atom. The van der Waals surface area contributed by atoms with Gasteiger partial charge in [0.2, 0.25) is 0 Å². The van der Waals surface area contributed by atoms with Gasteiger partial charge in [0.15, 0.2) is 12.0 Å². The Bertz CT molecular complexity index is 561. The van der Waals surface area contributed by atoms with Gasteiger partial charge in [-0.25, -0.2) is 0 Å². The zero-order chi connectivity index (χ0) is 22.7. The molecular weight excluding hydrogens is 416 g/mol. The SMILES string of the molecule is CCCCOCCOCCOC(OCCOCCOCCCC)c1ccc2c(c1)COO2. The van der Waals surface area contributed by atoms with Crippen LogP contribution in [0.2, 0.25) is 0 Å². The summed E-state index contributed by atoms with van der Waals surface area (Å²) in [5.74, 6) is 0.727. The van der Waals surface area contributed by atoms with Gasteiger partial charge in [-0.05, 0) is 25.0 Å². The molecule has 0 unspecified atom stereocenters. The van der Waals surface area contributed by atoms with Crippen molar-refractivity contribution < 1.29 is 38.2 Å². The van der Waals surface area contributed by atoms with E-state index in [1.807, 2.05) is 18.2 Å². The van der Waals surface area contributed by atoms with E-state index in [0.717, 1.165) is 55.8 Å². The third-order valence-corrected chi connectivity index (χ3v) is 4.74. The molecule has 0 spiro atoms. The summed E-state index contributed by atoms with van der Waals surface area (Å²) in [5.41, 5.74) is 1.88. The molecule has 0 fully saturated rings. The van der Waals surface area contributed by atoms with Crippen molar-refractivity contribution in [2.45, 2.75) is 52.4 Å². The van der Waals surface area contributed by atoms with Crippen molar-refractivity contribution in [3.63, 3.8) is 0 Å². The van der Waals surface area contributed by atoms with Gasteiger partial charge < -0.3 is 33.3 Å². The molecule has 1 aliphatic heterocycles. The van der Waals surface area contributed by atoms with E-state index >= 15 is 0 Å². The molecule has 184 valence electrons. The van der Waals surface area contributed by atoms with Crippen LogP contribution < -0.4 is 4.89 Å². The molecule has 0 N–H and O–H groups in total. The fourth-order valence-corrected chi connectivity index (χ4v) is 2.90. The molecule has 8 nitrogen and oxygen atoms in total. The minimum absolute atomic E-state index is 0.413. The Labute approximate surface area is 192 Å². The van der Waals surface area contributed by atoms with Crippen LogP contribution in [-0.2, 0) is 39.9 Å². The molecule has 0 radical (unpaired) electrons. The summed E-state index contributed by atoms with van der Waals surface area (Å²) in [4.78, 5) is 10.1. The molecule has 0 amide bonds. The number of hydrogen-bond acceptors (Lipinski definition) is 8. The maximum atomic E-state index is 5.96. The lowest BCUT2D eigenvalue weighted by atomic mass is 10.1. The zero-order valence-corrected chi connectivity index (χ0v) is 19.7. The highest BCUT2D eigenvalue weighted by Gasteiger charge is 2.19. The molecule has 1 aromatic carbocycles. The summed E-state index contributed by atoms with van der Waals surface area (Å²) in [5, 5.41) is 0. The Balaban J connectivity index is 1.66. The van der Waals surface area contributed by atoms with E-state index in [2.05, 4.69) is 13.8 Å². The second-order valence-corrected chi connectivity index (χ2v) is 7.44. The highest BCUT2D eigenvalue weighted by Crippen LogP contribution is 2.30. The van der Waals surface area contributed by atoms with Crippen molar-refractivity contribution in [1.29, 1.82) is 0 Å². The summed E-state index contributed by atoms with van der Waals surface area (Å²) in [6.07, 6.45) is 3.90. The van der Waals surface area contributed by atoms with Crippen molar-refractivity contribution in [3.8, 4) is 5.75 Å². The van der Waals surface area contributed by atoms with Crippen LogP contribution in [0.1, 0.15) is 56.9 Å². The van der Waals surface area contributed by atoms with Gasteiger partial charge in [0.1, 0.15) is 6.61 Å². The molecule has 1 aromatic rings. The lowest BCUT2D eigenvalue weighted by Crippen LogP contribution is -2.17. The Morgan fingerprint density at radius 2 is 1.25 bits per heavy atom. The first-order valence-electron chi connectivity index (χ1n) is 11.8. The molecule has 0 aromatic heterocycles. The third-order valence-electron chi connectivity index (χ3n) is 4.74. The summed E-state index contributed by atoms with van der Waals surface area (Å²) in [6, 6.07) is 5.77. The second-order valence-electron chi connectivity index (χ2n) is 7.44. The Kier molecular flexibility index (Phi) is 15.3. The van der Waals surface area contributed by atoms with Crippen molar-refractivity contribution in [1.82, 2.24) is 0 Å². The largest absolute Gasteiger partial charge is 0.379 e. The maximum Gasteiger partial charge on any atom is 0.184 e. The molecule has 0 saturated carbocycles. The van der Waals surface area contributed by atoms with E-state index < -0.39 is 6.29 Å². The van der Waals surface area contributed by atoms with Crippen LogP contribution in [0.3, 0.4) is 0 Å². The van der Waals surface area contributed by atoms with Crippen molar-refractivity contribution >= 4 is 0 Å². The van der Waals surface area contributed by atoms with Gasteiger partial charge in [0.25, 0.3) is 0 Å². The minimum Gasteiger partial charge on any atom is -0.379 e. The smallest absolute Gasteiger partial charge is 0.184 e. The van der Waals surface area contributed by atoms with Gasteiger partial charge in [0, 0.05) is 24.3 Å². The highest BCUT2D eigenvalue weighted by molar-refractivity contribution is 5.38. The molecule has 0 atom stereocenters. The molecule has 32 heavy (non-hydrogen) atoms. The highest BCUT2D eigenvalue weighted by atomic mass is 17.2. The lowest BCUT2D eigenvalue weighted by Gasteiger charge is -2.19. The molecule has 0 saturated heterocycles. The first-order chi connectivity index (χ1) is 15.8. The molecule has 8 heteroatoms. The quantitative estimate of drug-likeness (QED) is 0.155. The van der Waals surface area contributed by atoms with Crippen LogP contribution in [0.15, 0.2) is 18.2 Å². The zero-order valence-electron chi connectivity index (χ0n) is 19.7. The molecule has 2 rings (SSSR count). The number of fused-ring (bicyclic) bond motifs is 1. The molecular formula is C24H40O8. The van der Waals surface area contributed by atoms with Crippen LogP contribution in [0, 0.1) is 0 Å². The van der Waals surface area contributed by atoms with E-state index in [9.17, 15) is 0 Å². The standard InChI is InChI=1S/C24H40O8/c1-3-5-9-25-11-13-27-15-17-29-24(21-7-8-23-22(19-21)20-31-32-23)30-18-16-28-14-12-26-10-6-4-2/h7-8,19,24H,3-6,9-18,20H2,1-2H3. The number of hydrogen-bond donors (Lipinski definition) is 0. The summed E-state index contributed by atoms with van der Waals surface area (Å²) < 4.78 is 34.1. The average molecular weight is 457 g/mol. The van der Waals surface area contributed by atoms with Crippen LogP contribution in [0.25, 0.3) is 0 Å². The first-order valence-corrected chi connectivity index (χ1v) is 11.8. The number of rotatable bonds is 21. The number of unbranched alkanes of at least 4 members (excludes halogenated alkanes) is 2. The van der Waals surface area contributed by atoms with Crippen LogP contribution >= 0.6 is 0 Å². The fraction of sp³-hybridized carbons (Fsp3) is 0.750. The Morgan fingerprint density at radius 3 is 1.81 bits per heavy atom. The molecule has 0 bridgehead atoms. The molecule has 1 aliphatic rings. The Hall–Kier alpha value is -1.26. The lowest BCUT2D eigenvalue weighted by molar-refractivity contribution is -0.194. The van der Waals surface area contributed by atoms with E-state index in [1.54, 1.807) is 0 Å². The van der Waals surface area contributed by atoms with Crippen LogP contribution in [0.5, 0.6) is 5.75 Å². The first kappa shape index (κ1) is 27.0. The predicted molar refractivity (Wildman–Crippen MR) is 120 cm³/mol. The monoisotopic (exact) mass is 456 g/mol. The number of ether oxygens (including phenoxy) is 6. The van der Waals surface area contributed by atoms with Gasteiger partial charge >= 0.3 is 0 Å². The van der Waals surface area contributed by atoms with E-state index in [1.165, 1.54) is 0 Å². The van der Waals surface area contributed by atoms with Gasteiger partial charge in [0.05, 0.1) is 52.9 Å². The third kappa shape index (κ3) is 11.6. The van der Waals surface area contributed by atoms with Gasteiger partial charge in [-0.15, -0.1) is 0 Å². The maximum absolute atomic E-state index is 5.96. The minimum atomic E-state index is -0.519. The van der Waals surface area contributed by atoms with E-state index in [4.69, 9.17) is 38.2 Å². The van der Waals surface area contributed by atoms with E-state index in [-0.39, 0.29) is 0 Å². The van der Waals surface area contributed by atoms with Gasteiger partial charge in [-0.1, -0.05) is 32.8 Å². The predicted octanol–water partition coefficient (Wildman–Crippen LogP) is 4.21. The van der Waals surface area contributed by atoms with E-state index in [0.29, 0.717) is 59.5 Å². The fourth-order valence-electron chi connectivity index (χ4n) is 2.90. The normalized spacial score (nSPS) is 13.0. The molecule has 0 aliphatic carbocycles. The topological polar surface area (TPSA) is 73.8 Å². The average Bonchev–Trinajstić information content (AvgIpc) is 3.28. The van der Waals surface area contributed by atoms with Gasteiger partial charge in [-0.2, -0.15) is 4.89 Å². The summed E-state index contributed by atoms with van der Waals surface area (Å²) in [6.45, 7) is 10.4. The van der Waals surface area contributed by atoms with Crippen molar-refractivity contribution in [3.05, 3.63) is 29.3 Å². The molecule has 1 heterocycles. The van der Waals surface area contributed by atoms with Crippen molar-refractivity contribution in [2.24, 2.45) is 0 Å². The van der Waals surface area contributed by atoms with Crippen LogP contribution in [0.4, 0.5) is 0 Å². The second kappa shape index (κ2) is 18.2. The van der Waals surface area contributed by atoms with Crippen LogP contribution in [-0.4, -0.2) is 66.1 Å².